The molecule has 1 heterocycles. The molecule has 1 aliphatic heterocycles. The summed E-state index contributed by atoms with van der Waals surface area (Å²) in [4.78, 5) is 2.17. The number of nitrogens with zero attached hydrogens (tertiary/aromatic N) is 1. The molecule has 112 valence electrons. The fraction of sp³-hybridized carbons (Fsp3) is 0.600. The molecule has 1 unspecified atom stereocenters. The molecule has 0 aromatic heterocycles. The van der Waals surface area contributed by atoms with Gasteiger partial charge in [-0.05, 0) is 31.2 Å². The highest BCUT2D eigenvalue weighted by atomic mass is 19.1. The third-order valence-electron chi connectivity index (χ3n) is 3.89. The maximum atomic E-state index is 13.7. The van der Waals surface area contributed by atoms with Crippen molar-refractivity contribution in [3.05, 3.63) is 29.6 Å². The molecule has 1 aromatic rings. The first-order valence-corrected chi connectivity index (χ1v) is 6.87. The molecule has 5 heteroatoms. The molecule has 0 aliphatic carbocycles. The highest BCUT2D eigenvalue weighted by Gasteiger charge is 2.34. The Bertz CT molecular complexity index is 447. The summed E-state index contributed by atoms with van der Waals surface area (Å²) in [5.41, 5.74) is 6.86. The maximum Gasteiger partial charge on any atom is 0.165 e. The highest BCUT2D eigenvalue weighted by Crippen LogP contribution is 2.28. The van der Waals surface area contributed by atoms with Gasteiger partial charge in [-0.3, -0.25) is 0 Å². The first-order valence-electron chi connectivity index (χ1n) is 6.87. The second kappa shape index (κ2) is 6.52. The minimum atomic E-state index is -0.323. The lowest BCUT2D eigenvalue weighted by molar-refractivity contribution is 0.123. The van der Waals surface area contributed by atoms with E-state index in [9.17, 15) is 4.39 Å². The van der Waals surface area contributed by atoms with Gasteiger partial charge in [0.2, 0.25) is 0 Å². The Morgan fingerprint density at radius 1 is 1.50 bits per heavy atom. The second-order valence-corrected chi connectivity index (χ2v) is 5.65. The Morgan fingerprint density at radius 3 is 2.85 bits per heavy atom. The zero-order valence-corrected chi connectivity index (χ0v) is 12.2. The van der Waals surface area contributed by atoms with Gasteiger partial charge in [0.15, 0.2) is 11.6 Å². The molecule has 0 amide bonds. The summed E-state index contributed by atoms with van der Waals surface area (Å²) in [7, 11) is 3.49. The summed E-state index contributed by atoms with van der Waals surface area (Å²) in [5, 5.41) is 0. The Balaban J connectivity index is 1.97. The number of benzene rings is 1. The molecule has 0 radical (unpaired) electrons. The number of methoxy groups -OCH3 is 1. The SMILES string of the molecule is COc1ccc(CN(C)CC2(CN)CCOC2)cc1F. The van der Waals surface area contributed by atoms with Gasteiger partial charge in [0.25, 0.3) is 0 Å². The maximum absolute atomic E-state index is 13.7. The molecular formula is C15H23FN2O2. The summed E-state index contributed by atoms with van der Waals surface area (Å²) < 4.78 is 24.1. The topological polar surface area (TPSA) is 47.7 Å². The van der Waals surface area contributed by atoms with Crippen LogP contribution in [0.4, 0.5) is 4.39 Å². The van der Waals surface area contributed by atoms with Crippen LogP contribution in [0.5, 0.6) is 5.75 Å². The van der Waals surface area contributed by atoms with Crippen LogP contribution in [-0.2, 0) is 11.3 Å². The van der Waals surface area contributed by atoms with Crippen molar-refractivity contribution in [3.8, 4) is 5.75 Å². The number of ether oxygens (including phenoxy) is 2. The average molecular weight is 282 g/mol. The normalized spacial score (nSPS) is 22.4. The van der Waals surface area contributed by atoms with Crippen LogP contribution in [0.2, 0.25) is 0 Å². The molecular weight excluding hydrogens is 259 g/mol. The number of hydrogen-bond donors (Lipinski definition) is 1. The molecule has 1 fully saturated rings. The third kappa shape index (κ3) is 3.48. The van der Waals surface area contributed by atoms with Crippen LogP contribution in [0, 0.1) is 11.2 Å². The monoisotopic (exact) mass is 282 g/mol. The van der Waals surface area contributed by atoms with Crippen molar-refractivity contribution >= 4 is 0 Å². The van der Waals surface area contributed by atoms with Gasteiger partial charge in [-0.25, -0.2) is 4.39 Å². The minimum Gasteiger partial charge on any atom is -0.494 e. The number of nitrogens with two attached hydrogens (primary N) is 1. The molecule has 20 heavy (non-hydrogen) atoms. The van der Waals surface area contributed by atoms with Crippen molar-refractivity contribution in [3.63, 3.8) is 0 Å². The van der Waals surface area contributed by atoms with E-state index in [2.05, 4.69) is 4.90 Å². The van der Waals surface area contributed by atoms with Gasteiger partial charge in [-0.1, -0.05) is 6.07 Å². The van der Waals surface area contributed by atoms with E-state index in [0.29, 0.717) is 19.7 Å². The summed E-state index contributed by atoms with van der Waals surface area (Å²) >= 11 is 0. The Kier molecular flexibility index (Phi) is 4.96. The standard InChI is InChI=1S/C15H23FN2O2/c1-18(10-15(9-17)5-6-20-11-15)8-12-3-4-14(19-2)13(16)7-12/h3-4,7H,5-6,8-11,17H2,1-2H3. The molecule has 1 aromatic carbocycles. The summed E-state index contributed by atoms with van der Waals surface area (Å²) in [6.45, 7) is 3.65. The molecule has 0 spiro atoms. The predicted molar refractivity (Wildman–Crippen MR) is 76.2 cm³/mol. The van der Waals surface area contributed by atoms with E-state index in [1.54, 1.807) is 6.07 Å². The van der Waals surface area contributed by atoms with Crippen LogP contribution in [-0.4, -0.2) is 45.4 Å². The second-order valence-electron chi connectivity index (χ2n) is 5.65. The Labute approximate surface area is 119 Å². The van der Waals surface area contributed by atoms with Crippen LogP contribution < -0.4 is 10.5 Å². The van der Waals surface area contributed by atoms with Crippen molar-refractivity contribution in [2.75, 3.05) is 40.5 Å². The zero-order valence-electron chi connectivity index (χ0n) is 12.2. The fourth-order valence-corrected chi connectivity index (χ4v) is 2.75. The molecule has 2 rings (SSSR count). The average Bonchev–Trinajstić information content (AvgIpc) is 2.88. The number of rotatable bonds is 6. The Morgan fingerprint density at radius 2 is 2.30 bits per heavy atom. The zero-order chi connectivity index (χ0) is 14.6. The van der Waals surface area contributed by atoms with Crippen molar-refractivity contribution in [2.24, 2.45) is 11.1 Å². The third-order valence-corrected chi connectivity index (χ3v) is 3.89. The van der Waals surface area contributed by atoms with Crippen molar-refractivity contribution in [1.29, 1.82) is 0 Å². The largest absolute Gasteiger partial charge is 0.494 e. The lowest BCUT2D eigenvalue weighted by atomic mass is 9.87. The molecule has 0 bridgehead atoms. The Hall–Kier alpha value is -1.17. The quantitative estimate of drug-likeness (QED) is 0.861. The van der Waals surface area contributed by atoms with Gasteiger partial charge < -0.3 is 20.1 Å². The number of hydrogen-bond acceptors (Lipinski definition) is 4. The van der Waals surface area contributed by atoms with Gasteiger partial charge in [0, 0.05) is 31.7 Å². The van der Waals surface area contributed by atoms with E-state index in [0.717, 1.165) is 25.1 Å². The van der Waals surface area contributed by atoms with Gasteiger partial charge in [0.05, 0.1) is 13.7 Å². The lowest BCUT2D eigenvalue weighted by Crippen LogP contribution is -2.41. The molecule has 4 nitrogen and oxygen atoms in total. The molecule has 1 aliphatic rings. The fourth-order valence-electron chi connectivity index (χ4n) is 2.75. The van der Waals surface area contributed by atoms with Crippen LogP contribution >= 0.6 is 0 Å². The van der Waals surface area contributed by atoms with Crippen molar-refractivity contribution < 1.29 is 13.9 Å². The van der Waals surface area contributed by atoms with E-state index >= 15 is 0 Å². The molecule has 2 N–H and O–H groups in total. The summed E-state index contributed by atoms with van der Waals surface area (Å²) in [6, 6.07) is 5.07. The first-order chi connectivity index (χ1) is 9.58. The van der Waals surface area contributed by atoms with Gasteiger partial charge in [-0.15, -0.1) is 0 Å². The summed E-state index contributed by atoms with van der Waals surface area (Å²) in [6.07, 6.45) is 0.991. The van der Waals surface area contributed by atoms with Crippen molar-refractivity contribution in [2.45, 2.75) is 13.0 Å². The molecule has 1 atom stereocenters. The van der Waals surface area contributed by atoms with E-state index in [1.807, 2.05) is 13.1 Å². The van der Waals surface area contributed by atoms with Gasteiger partial charge in [0.1, 0.15) is 0 Å². The highest BCUT2D eigenvalue weighted by molar-refractivity contribution is 5.29. The van der Waals surface area contributed by atoms with Crippen LogP contribution in [0.3, 0.4) is 0 Å². The smallest absolute Gasteiger partial charge is 0.165 e. The summed E-state index contributed by atoms with van der Waals surface area (Å²) in [5.74, 6) is -0.0461. The number of halogens is 1. The van der Waals surface area contributed by atoms with Gasteiger partial charge in [-0.2, -0.15) is 0 Å². The lowest BCUT2D eigenvalue weighted by Gasteiger charge is -2.31. The van der Waals surface area contributed by atoms with E-state index < -0.39 is 0 Å². The predicted octanol–water partition coefficient (Wildman–Crippen LogP) is 1.63. The minimum absolute atomic E-state index is 0.0414. The first kappa shape index (κ1) is 15.2. The van der Waals surface area contributed by atoms with Crippen LogP contribution in [0.1, 0.15) is 12.0 Å². The van der Waals surface area contributed by atoms with Crippen LogP contribution in [0.25, 0.3) is 0 Å². The van der Waals surface area contributed by atoms with E-state index in [1.165, 1.54) is 13.2 Å². The molecule has 1 saturated heterocycles. The van der Waals surface area contributed by atoms with Crippen molar-refractivity contribution in [1.82, 2.24) is 4.90 Å². The van der Waals surface area contributed by atoms with E-state index in [4.69, 9.17) is 15.2 Å². The molecule has 0 saturated carbocycles. The van der Waals surface area contributed by atoms with E-state index in [-0.39, 0.29) is 17.0 Å². The van der Waals surface area contributed by atoms with Gasteiger partial charge >= 0.3 is 0 Å². The van der Waals surface area contributed by atoms with Crippen LogP contribution in [0.15, 0.2) is 18.2 Å².